The maximum atomic E-state index is 9.88. The Labute approximate surface area is 124 Å². The molecule has 0 saturated heterocycles. The molecule has 2 atom stereocenters. The van der Waals surface area contributed by atoms with Crippen LogP contribution in [-0.2, 0) is 4.74 Å². The van der Waals surface area contributed by atoms with Crippen LogP contribution in [0.1, 0.15) is 53.9 Å². The third-order valence-corrected chi connectivity index (χ3v) is 3.37. The van der Waals surface area contributed by atoms with Gasteiger partial charge in [0, 0.05) is 19.7 Å². The minimum atomic E-state index is -0.460. The van der Waals surface area contributed by atoms with E-state index in [0.29, 0.717) is 19.1 Å². The Morgan fingerprint density at radius 2 is 1.85 bits per heavy atom. The van der Waals surface area contributed by atoms with Crippen molar-refractivity contribution in [3.63, 3.8) is 0 Å². The van der Waals surface area contributed by atoms with Crippen LogP contribution in [0.3, 0.4) is 0 Å². The zero-order valence-corrected chi connectivity index (χ0v) is 14.0. The number of rotatable bonds is 12. The van der Waals surface area contributed by atoms with Gasteiger partial charge in [0.1, 0.15) is 0 Å². The van der Waals surface area contributed by atoms with Crippen molar-refractivity contribution in [1.29, 1.82) is 0 Å². The lowest BCUT2D eigenvalue weighted by atomic mass is 9.88. The predicted octanol–water partition coefficient (Wildman–Crippen LogP) is 2.19. The van der Waals surface area contributed by atoms with Crippen LogP contribution in [0.2, 0.25) is 0 Å². The van der Waals surface area contributed by atoms with E-state index < -0.39 is 6.10 Å². The summed E-state index contributed by atoms with van der Waals surface area (Å²) in [5.41, 5.74) is 0.147. The summed E-state index contributed by atoms with van der Waals surface area (Å²) in [6.07, 6.45) is 2.57. The van der Waals surface area contributed by atoms with E-state index in [-0.39, 0.29) is 18.1 Å². The van der Waals surface area contributed by atoms with E-state index in [1.54, 1.807) is 0 Å². The van der Waals surface area contributed by atoms with Gasteiger partial charge in [-0.2, -0.15) is 0 Å². The summed E-state index contributed by atoms with van der Waals surface area (Å²) in [4.78, 5) is 0. The Morgan fingerprint density at radius 3 is 2.40 bits per heavy atom. The van der Waals surface area contributed by atoms with Gasteiger partial charge in [-0.3, -0.25) is 0 Å². The Kier molecular flexibility index (Phi) is 10.5. The smallest absolute Gasteiger partial charge is 0.0897 e. The van der Waals surface area contributed by atoms with Crippen molar-refractivity contribution >= 4 is 0 Å². The first-order chi connectivity index (χ1) is 9.26. The summed E-state index contributed by atoms with van der Waals surface area (Å²) in [5, 5.41) is 22.0. The van der Waals surface area contributed by atoms with Crippen LogP contribution in [0.25, 0.3) is 0 Å². The Morgan fingerprint density at radius 1 is 1.20 bits per heavy atom. The van der Waals surface area contributed by atoms with E-state index in [2.05, 4.69) is 39.9 Å². The Hall–Kier alpha value is -0.160. The average Bonchev–Trinajstić information content (AvgIpc) is 2.33. The third kappa shape index (κ3) is 11.6. The minimum Gasteiger partial charge on any atom is -0.396 e. The molecule has 0 aliphatic rings. The molecule has 122 valence electrons. The standard InChI is InChI=1S/C16H35NO3/c1-13(2)9-14(3)20-11-15(19)10-17-12-16(4,5)7-6-8-18/h13-15,17-19H,6-12H2,1-5H3. The predicted molar refractivity (Wildman–Crippen MR) is 83.8 cm³/mol. The molecule has 4 nitrogen and oxygen atoms in total. The molecule has 4 heteroatoms. The molecule has 20 heavy (non-hydrogen) atoms. The molecule has 0 bridgehead atoms. The van der Waals surface area contributed by atoms with E-state index in [4.69, 9.17) is 9.84 Å². The van der Waals surface area contributed by atoms with Crippen LogP contribution in [0, 0.1) is 11.3 Å². The zero-order valence-electron chi connectivity index (χ0n) is 14.0. The van der Waals surface area contributed by atoms with Crippen molar-refractivity contribution in [2.45, 2.75) is 66.1 Å². The van der Waals surface area contributed by atoms with Gasteiger partial charge in [0.25, 0.3) is 0 Å². The molecule has 0 amide bonds. The normalized spacial score (nSPS) is 15.6. The van der Waals surface area contributed by atoms with Crippen molar-refractivity contribution < 1.29 is 14.9 Å². The number of hydrogen-bond acceptors (Lipinski definition) is 4. The first-order valence-electron chi connectivity index (χ1n) is 7.88. The molecule has 0 saturated carbocycles. The molecule has 0 aromatic carbocycles. The number of hydrogen-bond donors (Lipinski definition) is 3. The van der Waals surface area contributed by atoms with Gasteiger partial charge in [-0.25, -0.2) is 0 Å². The van der Waals surface area contributed by atoms with Crippen LogP contribution in [0.4, 0.5) is 0 Å². The molecule has 0 aliphatic carbocycles. The molecule has 0 spiro atoms. The fourth-order valence-corrected chi connectivity index (χ4v) is 2.29. The largest absolute Gasteiger partial charge is 0.396 e. The lowest BCUT2D eigenvalue weighted by Gasteiger charge is -2.26. The van der Waals surface area contributed by atoms with E-state index in [0.717, 1.165) is 25.8 Å². The van der Waals surface area contributed by atoms with E-state index in [1.807, 2.05) is 0 Å². The lowest BCUT2D eigenvalue weighted by Crippen LogP contribution is -2.37. The zero-order chi connectivity index (χ0) is 15.6. The Bertz CT molecular complexity index is 232. The number of nitrogens with one attached hydrogen (secondary N) is 1. The van der Waals surface area contributed by atoms with Crippen LogP contribution in [0.5, 0.6) is 0 Å². The molecular formula is C16H35NO3. The average molecular weight is 289 g/mol. The number of ether oxygens (including phenoxy) is 1. The SMILES string of the molecule is CC(C)CC(C)OCC(O)CNCC(C)(C)CCCO. The van der Waals surface area contributed by atoms with Crippen LogP contribution < -0.4 is 5.32 Å². The maximum absolute atomic E-state index is 9.88. The van der Waals surface area contributed by atoms with Gasteiger partial charge < -0.3 is 20.3 Å². The van der Waals surface area contributed by atoms with E-state index >= 15 is 0 Å². The number of aliphatic hydroxyl groups excluding tert-OH is 2. The van der Waals surface area contributed by atoms with Gasteiger partial charge >= 0.3 is 0 Å². The van der Waals surface area contributed by atoms with Crippen molar-refractivity contribution in [2.75, 3.05) is 26.3 Å². The van der Waals surface area contributed by atoms with Crippen molar-refractivity contribution in [3.05, 3.63) is 0 Å². The van der Waals surface area contributed by atoms with Crippen LogP contribution >= 0.6 is 0 Å². The van der Waals surface area contributed by atoms with Gasteiger partial charge in [0.2, 0.25) is 0 Å². The maximum Gasteiger partial charge on any atom is 0.0897 e. The highest BCUT2D eigenvalue weighted by atomic mass is 16.5. The lowest BCUT2D eigenvalue weighted by molar-refractivity contribution is -0.00911. The summed E-state index contributed by atoms with van der Waals surface area (Å²) in [7, 11) is 0. The quantitative estimate of drug-likeness (QED) is 0.515. The molecule has 0 aromatic heterocycles. The fourth-order valence-electron chi connectivity index (χ4n) is 2.29. The summed E-state index contributed by atoms with van der Waals surface area (Å²) in [6.45, 7) is 12.8. The molecule has 0 fully saturated rings. The van der Waals surface area contributed by atoms with Crippen molar-refractivity contribution in [3.8, 4) is 0 Å². The van der Waals surface area contributed by atoms with Gasteiger partial charge in [-0.1, -0.05) is 27.7 Å². The molecular weight excluding hydrogens is 254 g/mol. The van der Waals surface area contributed by atoms with E-state index in [9.17, 15) is 5.11 Å². The van der Waals surface area contributed by atoms with Crippen LogP contribution in [-0.4, -0.2) is 48.7 Å². The second kappa shape index (κ2) is 10.6. The minimum absolute atomic E-state index is 0.147. The highest BCUT2D eigenvalue weighted by Gasteiger charge is 2.17. The monoisotopic (exact) mass is 289 g/mol. The van der Waals surface area contributed by atoms with E-state index in [1.165, 1.54) is 0 Å². The first kappa shape index (κ1) is 19.8. The van der Waals surface area contributed by atoms with Gasteiger partial charge in [0.05, 0.1) is 18.8 Å². The number of aliphatic hydroxyl groups is 2. The highest BCUT2D eigenvalue weighted by Crippen LogP contribution is 2.20. The summed E-state index contributed by atoms with van der Waals surface area (Å²) in [6, 6.07) is 0. The highest BCUT2D eigenvalue weighted by molar-refractivity contribution is 4.72. The summed E-state index contributed by atoms with van der Waals surface area (Å²) in [5.74, 6) is 0.618. The molecule has 0 radical (unpaired) electrons. The van der Waals surface area contributed by atoms with Crippen molar-refractivity contribution in [1.82, 2.24) is 5.32 Å². The topological polar surface area (TPSA) is 61.7 Å². The second-order valence-electron chi connectivity index (χ2n) is 7.05. The fraction of sp³-hybridized carbons (Fsp3) is 1.00. The van der Waals surface area contributed by atoms with Gasteiger partial charge in [0.15, 0.2) is 0 Å². The summed E-state index contributed by atoms with van der Waals surface area (Å²) >= 11 is 0. The first-order valence-corrected chi connectivity index (χ1v) is 7.88. The third-order valence-electron chi connectivity index (χ3n) is 3.37. The summed E-state index contributed by atoms with van der Waals surface area (Å²) < 4.78 is 5.64. The molecule has 3 N–H and O–H groups in total. The van der Waals surface area contributed by atoms with Crippen molar-refractivity contribution in [2.24, 2.45) is 11.3 Å². The van der Waals surface area contributed by atoms with Gasteiger partial charge in [-0.05, 0) is 37.5 Å². The van der Waals surface area contributed by atoms with Gasteiger partial charge in [-0.15, -0.1) is 0 Å². The molecule has 0 heterocycles. The Balaban J connectivity index is 3.69. The second-order valence-corrected chi connectivity index (χ2v) is 7.05. The molecule has 0 aliphatic heterocycles. The molecule has 0 rings (SSSR count). The molecule has 0 aromatic rings. The van der Waals surface area contributed by atoms with Crippen LogP contribution in [0.15, 0.2) is 0 Å². The molecule has 2 unspecified atom stereocenters.